The third-order valence-electron chi connectivity index (χ3n) is 2.34. The van der Waals surface area contributed by atoms with Gasteiger partial charge in [0.15, 0.2) is 0 Å². The standard InChI is InChI=1S/C8H14O3/c1-5(9)6-3-2-4-7(10)8(6)11/h6-8,10-11H,2-4H2,1H3/t6?,7-,8+/m1/s1. The molecule has 1 aliphatic carbocycles. The maximum Gasteiger partial charge on any atom is 0.135 e. The predicted octanol–water partition coefficient (Wildman–Crippen LogP) is 0.0973. The second kappa shape index (κ2) is 3.32. The first-order valence-electron chi connectivity index (χ1n) is 3.99. The Morgan fingerprint density at radius 1 is 1.36 bits per heavy atom. The predicted molar refractivity (Wildman–Crippen MR) is 40.0 cm³/mol. The molecule has 1 saturated carbocycles. The van der Waals surface area contributed by atoms with Crippen molar-refractivity contribution in [1.29, 1.82) is 0 Å². The van der Waals surface area contributed by atoms with Crippen molar-refractivity contribution in [2.24, 2.45) is 5.92 Å². The normalized spacial score (nSPS) is 38.6. The molecular weight excluding hydrogens is 144 g/mol. The largest absolute Gasteiger partial charge is 0.390 e. The van der Waals surface area contributed by atoms with Gasteiger partial charge in [0.2, 0.25) is 0 Å². The van der Waals surface area contributed by atoms with Crippen LogP contribution in [0.4, 0.5) is 0 Å². The summed E-state index contributed by atoms with van der Waals surface area (Å²) in [5.74, 6) is -0.352. The zero-order valence-corrected chi connectivity index (χ0v) is 6.66. The van der Waals surface area contributed by atoms with Gasteiger partial charge in [-0.15, -0.1) is 0 Å². The van der Waals surface area contributed by atoms with E-state index >= 15 is 0 Å². The summed E-state index contributed by atoms with van der Waals surface area (Å²) in [6.07, 6.45) is 0.639. The maximum absolute atomic E-state index is 10.9. The van der Waals surface area contributed by atoms with Gasteiger partial charge in [-0.1, -0.05) is 0 Å². The quantitative estimate of drug-likeness (QED) is 0.569. The lowest BCUT2D eigenvalue weighted by atomic mass is 9.82. The Bertz CT molecular complexity index is 155. The van der Waals surface area contributed by atoms with Gasteiger partial charge in [-0.2, -0.15) is 0 Å². The van der Waals surface area contributed by atoms with Crippen LogP contribution in [0.3, 0.4) is 0 Å². The summed E-state index contributed by atoms with van der Waals surface area (Å²) in [4.78, 5) is 10.9. The van der Waals surface area contributed by atoms with Crippen LogP contribution in [0, 0.1) is 5.92 Å². The van der Waals surface area contributed by atoms with E-state index in [9.17, 15) is 15.0 Å². The molecule has 0 saturated heterocycles. The summed E-state index contributed by atoms with van der Waals surface area (Å²) >= 11 is 0. The fraction of sp³-hybridized carbons (Fsp3) is 0.875. The molecule has 0 radical (unpaired) electrons. The van der Waals surface area contributed by atoms with E-state index in [2.05, 4.69) is 0 Å². The van der Waals surface area contributed by atoms with Gasteiger partial charge in [-0.25, -0.2) is 0 Å². The number of carbonyl (C=O) groups excluding carboxylic acids is 1. The van der Waals surface area contributed by atoms with E-state index in [1.165, 1.54) is 6.92 Å². The number of rotatable bonds is 1. The van der Waals surface area contributed by atoms with Crippen molar-refractivity contribution in [3.05, 3.63) is 0 Å². The molecule has 0 aromatic rings. The minimum absolute atomic E-state index is 0.0174. The number of Topliss-reactive ketones (excluding diaryl/α,β-unsaturated/α-hetero) is 1. The van der Waals surface area contributed by atoms with Gasteiger partial charge in [0.05, 0.1) is 12.2 Å². The summed E-state index contributed by atoms with van der Waals surface area (Å²) in [5.41, 5.74) is 0. The van der Waals surface area contributed by atoms with Crippen LogP contribution in [0.2, 0.25) is 0 Å². The van der Waals surface area contributed by atoms with Crippen LogP contribution in [0.15, 0.2) is 0 Å². The molecule has 3 nitrogen and oxygen atoms in total. The molecule has 1 unspecified atom stereocenters. The third-order valence-corrected chi connectivity index (χ3v) is 2.34. The molecule has 0 bridgehead atoms. The minimum Gasteiger partial charge on any atom is -0.390 e. The highest BCUT2D eigenvalue weighted by atomic mass is 16.3. The van der Waals surface area contributed by atoms with Crippen LogP contribution >= 0.6 is 0 Å². The number of ketones is 1. The number of aliphatic hydroxyl groups excluding tert-OH is 2. The average Bonchev–Trinajstić information content (AvgIpc) is 1.94. The fourth-order valence-electron chi connectivity index (χ4n) is 1.60. The number of hydrogen-bond donors (Lipinski definition) is 2. The van der Waals surface area contributed by atoms with Crippen molar-refractivity contribution in [2.75, 3.05) is 0 Å². The van der Waals surface area contributed by atoms with E-state index in [0.717, 1.165) is 6.42 Å². The van der Waals surface area contributed by atoms with E-state index in [1.54, 1.807) is 0 Å². The van der Waals surface area contributed by atoms with Crippen molar-refractivity contribution < 1.29 is 15.0 Å². The Morgan fingerprint density at radius 3 is 2.45 bits per heavy atom. The Labute approximate surface area is 66.0 Å². The summed E-state index contributed by atoms with van der Waals surface area (Å²) in [7, 11) is 0. The molecule has 0 aromatic heterocycles. The van der Waals surface area contributed by atoms with Gasteiger partial charge in [0.1, 0.15) is 5.78 Å². The van der Waals surface area contributed by atoms with E-state index in [1.807, 2.05) is 0 Å². The van der Waals surface area contributed by atoms with Crippen LogP contribution in [0.1, 0.15) is 26.2 Å². The average molecular weight is 158 g/mol. The summed E-state index contributed by atoms with van der Waals surface area (Å²) < 4.78 is 0. The fourth-order valence-corrected chi connectivity index (χ4v) is 1.60. The smallest absolute Gasteiger partial charge is 0.135 e. The van der Waals surface area contributed by atoms with Crippen molar-refractivity contribution in [2.45, 2.75) is 38.4 Å². The lowest BCUT2D eigenvalue weighted by Gasteiger charge is -2.29. The van der Waals surface area contributed by atoms with E-state index in [0.29, 0.717) is 12.8 Å². The summed E-state index contributed by atoms with van der Waals surface area (Å²) in [6, 6.07) is 0. The summed E-state index contributed by atoms with van der Waals surface area (Å²) in [5, 5.41) is 18.5. The first kappa shape index (κ1) is 8.68. The van der Waals surface area contributed by atoms with Gasteiger partial charge in [-0.05, 0) is 26.2 Å². The van der Waals surface area contributed by atoms with E-state index < -0.39 is 12.2 Å². The van der Waals surface area contributed by atoms with Gasteiger partial charge in [0.25, 0.3) is 0 Å². The lowest BCUT2D eigenvalue weighted by Crippen LogP contribution is -2.40. The van der Waals surface area contributed by atoms with E-state index in [4.69, 9.17) is 0 Å². The highest BCUT2D eigenvalue weighted by molar-refractivity contribution is 5.79. The minimum atomic E-state index is -0.832. The Kier molecular flexibility index (Phi) is 2.62. The first-order valence-corrected chi connectivity index (χ1v) is 3.99. The van der Waals surface area contributed by atoms with Crippen LogP contribution in [0.5, 0.6) is 0 Å². The van der Waals surface area contributed by atoms with Crippen molar-refractivity contribution in [3.8, 4) is 0 Å². The molecule has 0 aliphatic heterocycles. The Morgan fingerprint density at radius 2 is 2.00 bits per heavy atom. The first-order chi connectivity index (χ1) is 5.13. The molecule has 3 atom stereocenters. The molecule has 11 heavy (non-hydrogen) atoms. The highest BCUT2D eigenvalue weighted by Crippen LogP contribution is 2.25. The number of aliphatic hydroxyl groups is 2. The molecule has 1 rings (SSSR count). The molecule has 1 aliphatic rings. The van der Waals surface area contributed by atoms with Crippen LogP contribution in [-0.2, 0) is 4.79 Å². The summed E-state index contributed by atoms with van der Waals surface area (Å²) in [6.45, 7) is 1.46. The second-order valence-corrected chi connectivity index (χ2v) is 3.21. The molecular formula is C8H14O3. The van der Waals surface area contributed by atoms with Gasteiger partial charge in [0, 0.05) is 5.92 Å². The van der Waals surface area contributed by atoms with Crippen LogP contribution < -0.4 is 0 Å². The zero-order valence-electron chi connectivity index (χ0n) is 6.66. The molecule has 0 spiro atoms. The third kappa shape index (κ3) is 1.79. The molecule has 0 amide bonds. The van der Waals surface area contributed by atoms with E-state index in [-0.39, 0.29) is 11.7 Å². The van der Waals surface area contributed by atoms with Gasteiger partial charge < -0.3 is 10.2 Å². The van der Waals surface area contributed by atoms with Crippen molar-refractivity contribution in [3.63, 3.8) is 0 Å². The zero-order chi connectivity index (χ0) is 8.43. The highest BCUT2D eigenvalue weighted by Gasteiger charge is 2.32. The SMILES string of the molecule is CC(=O)C1CCC[C@@H](O)[C@H]1O. The molecule has 2 N–H and O–H groups in total. The molecule has 0 aromatic carbocycles. The second-order valence-electron chi connectivity index (χ2n) is 3.21. The Hall–Kier alpha value is -0.410. The number of hydrogen-bond acceptors (Lipinski definition) is 3. The molecule has 1 fully saturated rings. The lowest BCUT2D eigenvalue weighted by molar-refractivity contribution is -0.130. The van der Waals surface area contributed by atoms with Crippen LogP contribution in [-0.4, -0.2) is 28.2 Å². The van der Waals surface area contributed by atoms with Gasteiger partial charge in [-0.3, -0.25) is 4.79 Å². The van der Waals surface area contributed by atoms with Crippen molar-refractivity contribution >= 4 is 5.78 Å². The number of carbonyl (C=O) groups is 1. The molecule has 64 valence electrons. The molecule has 0 heterocycles. The monoisotopic (exact) mass is 158 g/mol. The Balaban J connectivity index is 2.58. The molecule has 3 heteroatoms. The maximum atomic E-state index is 10.9. The van der Waals surface area contributed by atoms with Gasteiger partial charge >= 0.3 is 0 Å². The van der Waals surface area contributed by atoms with Crippen LogP contribution in [0.25, 0.3) is 0 Å². The van der Waals surface area contributed by atoms with Crippen molar-refractivity contribution in [1.82, 2.24) is 0 Å². The topological polar surface area (TPSA) is 57.5 Å².